The van der Waals surface area contributed by atoms with Crippen molar-refractivity contribution < 1.29 is 8.42 Å². The van der Waals surface area contributed by atoms with E-state index in [1.165, 1.54) is 21.9 Å². The van der Waals surface area contributed by atoms with Gasteiger partial charge in [0.1, 0.15) is 5.52 Å². The summed E-state index contributed by atoms with van der Waals surface area (Å²) in [6.07, 6.45) is 6.03. The van der Waals surface area contributed by atoms with Crippen LogP contribution in [0.5, 0.6) is 0 Å². The predicted molar refractivity (Wildman–Crippen MR) is 138 cm³/mol. The van der Waals surface area contributed by atoms with Crippen LogP contribution in [-0.2, 0) is 16.6 Å². The molecule has 0 N–H and O–H groups in total. The highest BCUT2D eigenvalue weighted by Gasteiger charge is 2.26. The van der Waals surface area contributed by atoms with Crippen molar-refractivity contribution >= 4 is 32.1 Å². The minimum atomic E-state index is -3.84. The van der Waals surface area contributed by atoms with E-state index in [1.54, 1.807) is 47.2 Å². The number of fused-ring (bicyclic) bond motifs is 3. The van der Waals surface area contributed by atoms with E-state index in [0.717, 1.165) is 32.5 Å². The van der Waals surface area contributed by atoms with Gasteiger partial charge in [-0.2, -0.15) is 0 Å². The van der Waals surface area contributed by atoms with Gasteiger partial charge in [-0.25, -0.2) is 22.4 Å². The molecule has 0 aliphatic carbocycles. The van der Waals surface area contributed by atoms with Crippen molar-refractivity contribution in [2.24, 2.45) is 0 Å². The number of piperidine rings is 1. The largest absolute Gasteiger partial charge is 0.301 e. The smallest absolute Gasteiger partial charge is 0.269 e. The Hall–Kier alpha value is -3.82. The second-order valence-corrected chi connectivity index (χ2v) is 10.9. The quantitative estimate of drug-likeness (QED) is 0.365. The molecule has 0 atom stereocenters. The fourth-order valence-electron chi connectivity index (χ4n) is 5.12. The minimum absolute atomic E-state index is 0.00490. The van der Waals surface area contributed by atoms with Gasteiger partial charge in [-0.3, -0.25) is 9.69 Å². The van der Waals surface area contributed by atoms with Crippen LogP contribution in [0.1, 0.15) is 24.4 Å². The highest BCUT2D eigenvalue weighted by Crippen LogP contribution is 2.30. The molecule has 1 fully saturated rings. The summed E-state index contributed by atoms with van der Waals surface area (Å²) in [5.41, 5.74) is 2.58. The SMILES string of the molecule is O=c1cnc2cnc3c(ccn3S(=O)(=O)c3ccccc3)c2n1C1CCN(Cc2ccccc2)CC1. The second-order valence-electron chi connectivity index (χ2n) is 9.12. The molecule has 2 aromatic carbocycles. The molecule has 0 amide bonds. The number of hydrogen-bond donors (Lipinski definition) is 0. The topological polar surface area (TPSA) is 90.1 Å². The van der Waals surface area contributed by atoms with Gasteiger partial charge in [-0.05, 0) is 36.6 Å². The van der Waals surface area contributed by atoms with E-state index in [1.807, 2.05) is 18.2 Å². The lowest BCUT2D eigenvalue weighted by atomic mass is 10.0. The van der Waals surface area contributed by atoms with Crippen molar-refractivity contribution in [2.75, 3.05) is 13.1 Å². The van der Waals surface area contributed by atoms with Gasteiger partial charge in [0.2, 0.25) is 0 Å². The third kappa shape index (κ3) is 3.90. The summed E-state index contributed by atoms with van der Waals surface area (Å²) < 4.78 is 29.6. The fourth-order valence-corrected chi connectivity index (χ4v) is 6.45. The van der Waals surface area contributed by atoms with Crippen LogP contribution in [-0.4, -0.2) is 44.9 Å². The molecule has 1 aliphatic heterocycles. The van der Waals surface area contributed by atoms with Crippen molar-refractivity contribution in [3.63, 3.8) is 0 Å². The van der Waals surface area contributed by atoms with E-state index in [4.69, 9.17) is 0 Å². The first-order chi connectivity index (χ1) is 17.5. The van der Waals surface area contributed by atoms with E-state index in [2.05, 4.69) is 27.0 Å². The van der Waals surface area contributed by atoms with Crippen LogP contribution >= 0.6 is 0 Å². The molecular formula is C27H25N5O3S. The number of aromatic nitrogens is 4. The number of rotatable bonds is 5. The van der Waals surface area contributed by atoms with Crippen LogP contribution in [0.3, 0.4) is 0 Å². The second kappa shape index (κ2) is 9.00. The maximum atomic E-state index is 13.3. The Morgan fingerprint density at radius 3 is 2.28 bits per heavy atom. The number of nitrogens with zero attached hydrogens (tertiary/aromatic N) is 5. The summed E-state index contributed by atoms with van der Waals surface area (Å²) in [5, 5.41) is 0.601. The van der Waals surface area contributed by atoms with Crippen LogP contribution in [0.15, 0.2) is 95.0 Å². The number of benzene rings is 2. The van der Waals surface area contributed by atoms with Crippen LogP contribution < -0.4 is 5.56 Å². The molecule has 0 saturated carbocycles. The van der Waals surface area contributed by atoms with Gasteiger partial charge in [0.25, 0.3) is 15.6 Å². The first-order valence-electron chi connectivity index (χ1n) is 12.0. The predicted octanol–water partition coefficient (Wildman–Crippen LogP) is 3.82. The average molecular weight is 500 g/mol. The summed E-state index contributed by atoms with van der Waals surface area (Å²) in [6.45, 7) is 2.62. The number of hydrogen-bond acceptors (Lipinski definition) is 6. The Morgan fingerprint density at radius 1 is 0.861 bits per heavy atom. The molecule has 8 nitrogen and oxygen atoms in total. The molecule has 4 heterocycles. The lowest BCUT2D eigenvalue weighted by molar-refractivity contribution is 0.180. The first-order valence-corrected chi connectivity index (χ1v) is 13.4. The maximum Gasteiger partial charge on any atom is 0.269 e. The van der Waals surface area contributed by atoms with Crippen molar-refractivity contribution in [3.05, 3.63) is 101 Å². The number of likely N-dealkylation sites (tertiary alicyclic amines) is 1. The maximum absolute atomic E-state index is 13.3. The van der Waals surface area contributed by atoms with Crippen LogP contribution in [0, 0.1) is 0 Å². The van der Waals surface area contributed by atoms with Gasteiger partial charge in [0.05, 0.1) is 22.8 Å². The van der Waals surface area contributed by atoms with Gasteiger partial charge >= 0.3 is 0 Å². The Labute approximate surface area is 208 Å². The standard InChI is InChI=1S/C27H25N5O3S/c33-25-18-28-24-17-29-27-23(13-16-31(27)36(34,35)22-9-5-2-6-10-22)26(24)32(25)21-11-14-30(15-12-21)19-20-7-3-1-4-8-20/h1-10,13,16-18,21H,11-12,14-15,19H2. The lowest BCUT2D eigenvalue weighted by Crippen LogP contribution is -2.37. The molecule has 9 heteroatoms. The molecule has 3 aromatic heterocycles. The van der Waals surface area contributed by atoms with Crippen molar-refractivity contribution in [2.45, 2.75) is 30.3 Å². The van der Waals surface area contributed by atoms with Gasteiger partial charge < -0.3 is 4.57 Å². The minimum Gasteiger partial charge on any atom is -0.301 e. The molecule has 0 unspecified atom stereocenters. The Bertz CT molecular complexity index is 1710. The van der Waals surface area contributed by atoms with Crippen LogP contribution in [0.4, 0.5) is 0 Å². The Balaban J connectivity index is 1.39. The molecule has 5 aromatic rings. The summed E-state index contributed by atoms with van der Waals surface area (Å²) in [4.78, 5) is 24.5. The third-order valence-electron chi connectivity index (χ3n) is 6.90. The van der Waals surface area contributed by atoms with Gasteiger partial charge in [0.15, 0.2) is 5.65 Å². The highest BCUT2D eigenvalue weighted by molar-refractivity contribution is 7.90. The van der Waals surface area contributed by atoms with Gasteiger partial charge in [-0.15, -0.1) is 0 Å². The van der Waals surface area contributed by atoms with E-state index >= 15 is 0 Å². The zero-order valence-corrected chi connectivity index (χ0v) is 20.4. The molecular weight excluding hydrogens is 474 g/mol. The molecule has 0 radical (unpaired) electrons. The van der Waals surface area contributed by atoms with Crippen LogP contribution in [0.2, 0.25) is 0 Å². The zero-order valence-electron chi connectivity index (χ0n) is 19.6. The molecule has 1 saturated heterocycles. The normalized spacial score (nSPS) is 15.6. The molecule has 1 aliphatic rings. The summed E-state index contributed by atoms with van der Waals surface area (Å²) in [6, 6.07) is 20.4. The third-order valence-corrected chi connectivity index (χ3v) is 8.58. The Morgan fingerprint density at radius 2 is 1.56 bits per heavy atom. The zero-order chi connectivity index (χ0) is 24.7. The number of pyridine rings is 1. The lowest BCUT2D eigenvalue weighted by Gasteiger charge is -2.33. The monoisotopic (exact) mass is 499 g/mol. The molecule has 182 valence electrons. The fraction of sp³-hybridized carbons (Fsp3) is 0.222. The van der Waals surface area contributed by atoms with Gasteiger partial charge in [-0.1, -0.05) is 48.5 Å². The average Bonchev–Trinajstić information content (AvgIpc) is 3.36. The summed E-state index contributed by atoms with van der Waals surface area (Å²) in [7, 11) is -3.84. The van der Waals surface area contributed by atoms with E-state index in [9.17, 15) is 13.2 Å². The van der Waals surface area contributed by atoms with E-state index in [-0.39, 0.29) is 22.1 Å². The first kappa shape index (κ1) is 22.6. The van der Waals surface area contributed by atoms with E-state index in [0.29, 0.717) is 16.4 Å². The van der Waals surface area contributed by atoms with Crippen molar-refractivity contribution in [3.8, 4) is 0 Å². The summed E-state index contributed by atoms with van der Waals surface area (Å²) in [5.74, 6) is 0. The van der Waals surface area contributed by atoms with Crippen molar-refractivity contribution in [1.82, 2.24) is 23.4 Å². The molecule has 6 rings (SSSR count). The van der Waals surface area contributed by atoms with E-state index < -0.39 is 10.0 Å². The molecule has 0 spiro atoms. The summed E-state index contributed by atoms with van der Waals surface area (Å²) >= 11 is 0. The molecule has 0 bridgehead atoms. The highest BCUT2D eigenvalue weighted by atomic mass is 32.2. The van der Waals surface area contributed by atoms with Crippen molar-refractivity contribution in [1.29, 1.82) is 0 Å². The van der Waals surface area contributed by atoms with Crippen LogP contribution in [0.25, 0.3) is 22.1 Å². The molecule has 36 heavy (non-hydrogen) atoms. The van der Waals surface area contributed by atoms with Gasteiger partial charge in [0, 0.05) is 37.3 Å². The Kier molecular flexibility index (Phi) is 5.66.